The molecule has 0 fully saturated rings. The van der Waals surface area contributed by atoms with Gasteiger partial charge >= 0.3 is 0 Å². The minimum absolute atomic E-state index is 1.09. The second-order valence-corrected chi connectivity index (χ2v) is 2.49. The van der Waals surface area contributed by atoms with Gasteiger partial charge in [0.1, 0.15) is 0 Å². The van der Waals surface area contributed by atoms with E-state index in [0.29, 0.717) is 0 Å². The molecule has 1 aliphatic carbocycles. The second kappa shape index (κ2) is 5.04. The Hall–Kier alpha value is -0.780. The maximum absolute atomic E-state index is 2.27. The predicted octanol–water partition coefficient (Wildman–Crippen LogP) is 3.23. The molecule has 0 heterocycles. The van der Waals surface area contributed by atoms with E-state index in [1.807, 2.05) is 0 Å². The maximum atomic E-state index is 2.27. The highest BCUT2D eigenvalue weighted by molar-refractivity contribution is 5.05. The quantitative estimate of drug-likeness (QED) is 0.446. The van der Waals surface area contributed by atoms with E-state index in [1.165, 1.54) is 19.3 Å². The van der Waals surface area contributed by atoms with Crippen LogP contribution in [-0.4, -0.2) is 0 Å². The highest BCUT2D eigenvalue weighted by Gasteiger charge is 1.80. The fraction of sp³-hybridized carbons (Fsp3) is 0.400. The van der Waals surface area contributed by atoms with E-state index in [1.54, 1.807) is 0 Å². The van der Waals surface area contributed by atoms with Crippen molar-refractivity contribution in [3.05, 3.63) is 36.5 Å². The topological polar surface area (TPSA) is 0 Å². The van der Waals surface area contributed by atoms with Crippen molar-refractivity contribution >= 4 is 0 Å². The summed E-state index contributed by atoms with van der Waals surface area (Å²) >= 11 is 0. The first-order chi connectivity index (χ1) is 5.00. The molecule has 0 aromatic rings. The lowest BCUT2D eigenvalue weighted by atomic mass is 10.2. The van der Waals surface area contributed by atoms with Crippen LogP contribution in [0.4, 0.5) is 0 Å². The van der Waals surface area contributed by atoms with Crippen molar-refractivity contribution in [1.82, 2.24) is 0 Å². The van der Waals surface area contributed by atoms with Gasteiger partial charge in [0, 0.05) is 0 Å². The Balaban J connectivity index is 2.38. The summed E-state index contributed by atoms with van der Waals surface area (Å²) in [4.78, 5) is 0. The Labute approximate surface area is 62.9 Å². The molecular weight excluding hydrogens is 120 g/mol. The summed E-state index contributed by atoms with van der Waals surface area (Å²) < 4.78 is 0. The molecule has 10 heavy (non-hydrogen) atoms. The lowest BCUT2D eigenvalue weighted by Crippen LogP contribution is -1.70. The van der Waals surface area contributed by atoms with Crippen LogP contribution in [0, 0.1) is 0 Å². The van der Waals surface area contributed by atoms with Crippen LogP contribution in [0.1, 0.15) is 25.7 Å². The summed E-state index contributed by atoms with van der Waals surface area (Å²) in [7, 11) is 0. The molecule has 0 radical (unpaired) electrons. The molecule has 0 aromatic heterocycles. The lowest BCUT2D eigenvalue weighted by Gasteiger charge is -1.91. The molecule has 1 rings (SSSR count). The molecule has 0 unspecified atom stereocenters. The van der Waals surface area contributed by atoms with Gasteiger partial charge in [0.2, 0.25) is 0 Å². The summed E-state index contributed by atoms with van der Waals surface area (Å²) in [5.41, 5.74) is 0. The monoisotopic (exact) mass is 134 g/mol. The normalized spacial score (nSPS) is 25.6. The molecule has 0 nitrogen and oxygen atoms in total. The Morgan fingerprint density at radius 1 is 0.700 bits per heavy atom. The summed E-state index contributed by atoms with van der Waals surface area (Å²) in [6.45, 7) is 0. The second-order valence-electron chi connectivity index (χ2n) is 2.49. The summed E-state index contributed by atoms with van der Waals surface area (Å²) in [6.07, 6.45) is 18.0. The third-order valence-electron chi connectivity index (χ3n) is 1.56. The molecule has 0 saturated heterocycles. The molecule has 0 spiro atoms. The zero-order chi connectivity index (χ0) is 7.07. The first kappa shape index (κ1) is 7.33. The average Bonchev–Trinajstić information content (AvgIpc) is 2.01. The largest absolute Gasteiger partial charge is 0.0882 e. The van der Waals surface area contributed by atoms with Gasteiger partial charge in [0.05, 0.1) is 0 Å². The minimum atomic E-state index is 1.09. The highest BCUT2D eigenvalue weighted by Crippen LogP contribution is 2.01. The standard InChI is InChI=1S/C10H14/c1-2-4-6-8-10-9-7-5-3-1/h1-4,7,9H,5-6,8,10H2/b3-1+,4-2-,9-7?. The Kier molecular flexibility index (Phi) is 3.69. The number of hydrogen-bond donors (Lipinski definition) is 0. The van der Waals surface area contributed by atoms with E-state index in [2.05, 4.69) is 36.5 Å². The first-order valence-corrected chi connectivity index (χ1v) is 3.97. The van der Waals surface area contributed by atoms with Gasteiger partial charge in [-0.3, -0.25) is 0 Å². The first-order valence-electron chi connectivity index (χ1n) is 3.97. The maximum Gasteiger partial charge on any atom is -0.0166 e. The molecule has 0 aliphatic heterocycles. The van der Waals surface area contributed by atoms with Crippen molar-refractivity contribution in [2.24, 2.45) is 0 Å². The fourth-order valence-electron chi connectivity index (χ4n) is 0.978. The third kappa shape index (κ3) is 3.29. The Morgan fingerprint density at radius 2 is 1.50 bits per heavy atom. The van der Waals surface area contributed by atoms with Gasteiger partial charge in [0.15, 0.2) is 0 Å². The van der Waals surface area contributed by atoms with Crippen molar-refractivity contribution in [3.8, 4) is 0 Å². The van der Waals surface area contributed by atoms with Crippen LogP contribution in [0.2, 0.25) is 0 Å². The van der Waals surface area contributed by atoms with Crippen molar-refractivity contribution in [2.75, 3.05) is 0 Å². The number of allylic oxidation sites excluding steroid dienone is 6. The predicted molar refractivity (Wildman–Crippen MR) is 45.9 cm³/mol. The smallest absolute Gasteiger partial charge is 0.0166 e. The van der Waals surface area contributed by atoms with Crippen molar-refractivity contribution in [2.45, 2.75) is 25.7 Å². The van der Waals surface area contributed by atoms with Crippen LogP contribution in [0.5, 0.6) is 0 Å². The summed E-state index contributed by atoms with van der Waals surface area (Å²) in [6, 6.07) is 0. The van der Waals surface area contributed by atoms with E-state index in [0.717, 1.165) is 6.42 Å². The van der Waals surface area contributed by atoms with Gasteiger partial charge < -0.3 is 0 Å². The van der Waals surface area contributed by atoms with E-state index < -0.39 is 0 Å². The van der Waals surface area contributed by atoms with Gasteiger partial charge in [-0.25, -0.2) is 0 Å². The van der Waals surface area contributed by atoms with Crippen molar-refractivity contribution < 1.29 is 0 Å². The van der Waals surface area contributed by atoms with Crippen LogP contribution in [0.15, 0.2) is 36.5 Å². The third-order valence-corrected chi connectivity index (χ3v) is 1.56. The summed E-state index contributed by atoms with van der Waals surface area (Å²) in [5.74, 6) is 0. The van der Waals surface area contributed by atoms with E-state index in [9.17, 15) is 0 Å². The zero-order valence-electron chi connectivity index (χ0n) is 6.29. The molecule has 0 bridgehead atoms. The molecule has 0 heteroatoms. The van der Waals surface area contributed by atoms with E-state index >= 15 is 0 Å². The molecule has 0 saturated carbocycles. The highest BCUT2D eigenvalue weighted by atomic mass is 13.9. The van der Waals surface area contributed by atoms with E-state index in [4.69, 9.17) is 0 Å². The van der Waals surface area contributed by atoms with Crippen molar-refractivity contribution in [3.63, 3.8) is 0 Å². The molecular formula is C10H14. The molecule has 54 valence electrons. The number of hydrogen-bond acceptors (Lipinski definition) is 0. The molecule has 0 amide bonds. The van der Waals surface area contributed by atoms with Gasteiger partial charge in [0.25, 0.3) is 0 Å². The van der Waals surface area contributed by atoms with Crippen LogP contribution in [0.3, 0.4) is 0 Å². The van der Waals surface area contributed by atoms with Crippen LogP contribution < -0.4 is 0 Å². The van der Waals surface area contributed by atoms with Crippen LogP contribution >= 0.6 is 0 Å². The zero-order valence-corrected chi connectivity index (χ0v) is 6.29. The molecule has 1 aliphatic rings. The van der Waals surface area contributed by atoms with E-state index in [-0.39, 0.29) is 0 Å². The van der Waals surface area contributed by atoms with Gasteiger partial charge in [-0.05, 0) is 25.7 Å². The van der Waals surface area contributed by atoms with Gasteiger partial charge in [-0.15, -0.1) is 0 Å². The fourth-order valence-corrected chi connectivity index (χ4v) is 0.978. The minimum Gasteiger partial charge on any atom is -0.0882 e. The Bertz CT molecular complexity index is 149. The Morgan fingerprint density at radius 3 is 2.50 bits per heavy atom. The number of rotatable bonds is 0. The SMILES string of the molecule is C1=CCCC/C=C\C=C\C1. The summed E-state index contributed by atoms with van der Waals surface area (Å²) in [5, 5.41) is 0. The van der Waals surface area contributed by atoms with Crippen LogP contribution in [0.25, 0.3) is 0 Å². The molecule has 0 atom stereocenters. The van der Waals surface area contributed by atoms with Gasteiger partial charge in [-0.2, -0.15) is 0 Å². The average molecular weight is 134 g/mol. The molecule has 0 aromatic carbocycles. The lowest BCUT2D eigenvalue weighted by molar-refractivity contribution is 0.865. The van der Waals surface area contributed by atoms with Crippen molar-refractivity contribution in [1.29, 1.82) is 0 Å². The van der Waals surface area contributed by atoms with Gasteiger partial charge in [-0.1, -0.05) is 36.5 Å². The van der Waals surface area contributed by atoms with Crippen LogP contribution in [-0.2, 0) is 0 Å². The molecule has 0 N–H and O–H groups in total.